The van der Waals surface area contributed by atoms with E-state index in [0.29, 0.717) is 34.7 Å². The average Bonchev–Trinajstić information content (AvgIpc) is 2.87. The van der Waals surface area contributed by atoms with Gasteiger partial charge in [-0.1, -0.05) is 56.3 Å². The highest BCUT2D eigenvalue weighted by Crippen LogP contribution is 2.37. The molecule has 0 saturated carbocycles. The molecule has 9 heteroatoms. The lowest BCUT2D eigenvalue weighted by atomic mass is 10.0. The standard InChI is InChI=1S/C28H29BrFN3O4/c1-4-36-24-15-20(14-22(29)26(24)37-17-19-10-6-5-7-11-19)16-31-33-28(35)25(18(2)3)32-27(34)21-12-8-9-13-23(21)30/h5-16,18,25H,4,17H2,1-3H3,(H,32,34)(H,33,35)/b31-16+. The third kappa shape index (κ3) is 7.88. The zero-order chi connectivity index (χ0) is 26.8. The predicted octanol–water partition coefficient (Wildman–Crippen LogP) is 5.47. The first-order valence-corrected chi connectivity index (χ1v) is 12.6. The van der Waals surface area contributed by atoms with E-state index in [1.807, 2.05) is 37.3 Å². The van der Waals surface area contributed by atoms with E-state index in [1.165, 1.54) is 24.4 Å². The zero-order valence-corrected chi connectivity index (χ0v) is 22.4. The first kappa shape index (κ1) is 27.9. The van der Waals surface area contributed by atoms with Crippen molar-refractivity contribution in [2.45, 2.75) is 33.4 Å². The number of amides is 2. The third-order valence-electron chi connectivity index (χ3n) is 5.30. The highest BCUT2D eigenvalue weighted by molar-refractivity contribution is 9.10. The van der Waals surface area contributed by atoms with Crippen molar-refractivity contribution in [3.05, 3.63) is 93.7 Å². The van der Waals surface area contributed by atoms with Crippen molar-refractivity contribution in [3.8, 4) is 11.5 Å². The van der Waals surface area contributed by atoms with Crippen molar-refractivity contribution in [2.75, 3.05) is 6.61 Å². The Labute approximate surface area is 224 Å². The summed E-state index contributed by atoms with van der Waals surface area (Å²) in [6.45, 7) is 6.23. The molecule has 0 saturated heterocycles. The van der Waals surface area contributed by atoms with Gasteiger partial charge in [0.25, 0.3) is 11.8 Å². The van der Waals surface area contributed by atoms with Gasteiger partial charge in [-0.15, -0.1) is 0 Å². The van der Waals surface area contributed by atoms with Gasteiger partial charge in [0.1, 0.15) is 18.5 Å². The molecule has 0 aliphatic rings. The molecule has 0 aliphatic heterocycles. The van der Waals surface area contributed by atoms with Crippen LogP contribution >= 0.6 is 15.9 Å². The minimum atomic E-state index is -0.913. The lowest BCUT2D eigenvalue weighted by molar-refractivity contribution is -0.123. The second kappa shape index (κ2) is 13.5. The summed E-state index contributed by atoms with van der Waals surface area (Å²) in [5, 5.41) is 6.62. The molecular formula is C28H29BrFN3O4. The topological polar surface area (TPSA) is 89.0 Å². The summed E-state index contributed by atoms with van der Waals surface area (Å²) in [7, 11) is 0. The van der Waals surface area contributed by atoms with Gasteiger partial charge in [0.15, 0.2) is 11.5 Å². The molecule has 3 aromatic rings. The third-order valence-corrected chi connectivity index (χ3v) is 5.89. The molecule has 7 nitrogen and oxygen atoms in total. The monoisotopic (exact) mass is 569 g/mol. The van der Waals surface area contributed by atoms with Crippen molar-refractivity contribution in [2.24, 2.45) is 11.0 Å². The molecule has 0 fully saturated rings. The minimum Gasteiger partial charge on any atom is -0.490 e. The lowest BCUT2D eigenvalue weighted by Gasteiger charge is -2.20. The number of carbonyl (C=O) groups is 2. The summed E-state index contributed by atoms with van der Waals surface area (Å²) in [6, 6.07) is 18.0. The Hall–Kier alpha value is -3.72. The quantitative estimate of drug-likeness (QED) is 0.237. The second-order valence-corrected chi connectivity index (χ2v) is 9.30. The number of rotatable bonds is 11. The molecule has 0 aromatic heterocycles. The van der Waals surface area contributed by atoms with E-state index < -0.39 is 23.7 Å². The van der Waals surface area contributed by atoms with Crippen LogP contribution < -0.4 is 20.2 Å². The van der Waals surface area contributed by atoms with Gasteiger partial charge in [0, 0.05) is 0 Å². The molecule has 1 atom stereocenters. The Morgan fingerprint density at radius 2 is 1.76 bits per heavy atom. The Balaban J connectivity index is 1.69. The maximum absolute atomic E-state index is 14.0. The fraction of sp³-hybridized carbons (Fsp3) is 0.250. The first-order chi connectivity index (χ1) is 17.8. The summed E-state index contributed by atoms with van der Waals surface area (Å²) in [4.78, 5) is 25.2. The van der Waals surface area contributed by atoms with Crippen LogP contribution in [0.15, 0.2) is 76.3 Å². The SMILES string of the molecule is CCOc1cc(/C=N/NC(=O)C(NC(=O)c2ccccc2F)C(C)C)cc(Br)c1OCc1ccccc1. The van der Waals surface area contributed by atoms with E-state index >= 15 is 0 Å². The summed E-state index contributed by atoms with van der Waals surface area (Å²) < 4.78 is 26.4. The van der Waals surface area contributed by atoms with Crippen LogP contribution in [0, 0.1) is 11.7 Å². The van der Waals surface area contributed by atoms with Gasteiger partial charge in [-0.2, -0.15) is 5.10 Å². The second-order valence-electron chi connectivity index (χ2n) is 8.45. The largest absolute Gasteiger partial charge is 0.490 e. The molecule has 0 bridgehead atoms. The summed E-state index contributed by atoms with van der Waals surface area (Å²) >= 11 is 3.53. The van der Waals surface area contributed by atoms with E-state index in [4.69, 9.17) is 9.47 Å². The average molecular weight is 570 g/mol. The van der Waals surface area contributed by atoms with E-state index in [1.54, 1.807) is 32.0 Å². The maximum atomic E-state index is 14.0. The molecule has 194 valence electrons. The predicted molar refractivity (Wildman–Crippen MR) is 144 cm³/mol. The number of nitrogens with one attached hydrogen (secondary N) is 2. The van der Waals surface area contributed by atoms with E-state index in [-0.39, 0.29) is 11.5 Å². The highest BCUT2D eigenvalue weighted by atomic mass is 79.9. The normalized spacial score (nSPS) is 11.8. The van der Waals surface area contributed by atoms with E-state index in [0.717, 1.165) is 5.56 Å². The molecular weight excluding hydrogens is 541 g/mol. The van der Waals surface area contributed by atoms with Crippen LogP contribution in [-0.2, 0) is 11.4 Å². The Morgan fingerprint density at radius 3 is 2.43 bits per heavy atom. The number of hydrogen-bond acceptors (Lipinski definition) is 5. The molecule has 2 amide bonds. The molecule has 3 aromatic carbocycles. The smallest absolute Gasteiger partial charge is 0.262 e. The van der Waals surface area contributed by atoms with Gasteiger partial charge in [0.05, 0.1) is 22.9 Å². The molecule has 37 heavy (non-hydrogen) atoms. The fourth-order valence-electron chi connectivity index (χ4n) is 3.43. The summed E-state index contributed by atoms with van der Waals surface area (Å²) in [6.07, 6.45) is 1.46. The van der Waals surface area contributed by atoms with Crippen LogP contribution in [0.1, 0.15) is 42.3 Å². The number of nitrogens with zero attached hydrogens (tertiary/aromatic N) is 1. The van der Waals surface area contributed by atoms with Crippen molar-refractivity contribution < 1.29 is 23.5 Å². The maximum Gasteiger partial charge on any atom is 0.262 e. The Bertz CT molecular complexity index is 1250. The zero-order valence-electron chi connectivity index (χ0n) is 20.8. The number of benzene rings is 3. The molecule has 0 spiro atoms. The number of hydrogen-bond donors (Lipinski definition) is 2. The molecule has 2 N–H and O–H groups in total. The minimum absolute atomic E-state index is 0.132. The van der Waals surface area contributed by atoms with Crippen LogP contribution in [0.25, 0.3) is 0 Å². The molecule has 3 rings (SSSR count). The fourth-order valence-corrected chi connectivity index (χ4v) is 4.01. The van der Waals surface area contributed by atoms with Crippen LogP contribution in [0.2, 0.25) is 0 Å². The van der Waals surface area contributed by atoms with Gasteiger partial charge in [-0.05, 0) is 64.2 Å². The Morgan fingerprint density at radius 1 is 1.05 bits per heavy atom. The van der Waals surface area contributed by atoms with Crippen molar-refractivity contribution in [3.63, 3.8) is 0 Å². The first-order valence-electron chi connectivity index (χ1n) is 11.8. The van der Waals surface area contributed by atoms with Crippen LogP contribution in [-0.4, -0.2) is 30.7 Å². The molecule has 0 radical (unpaired) electrons. The highest BCUT2D eigenvalue weighted by Gasteiger charge is 2.25. The van der Waals surface area contributed by atoms with Crippen LogP contribution in [0.3, 0.4) is 0 Å². The van der Waals surface area contributed by atoms with Crippen molar-refractivity contribution in [1.82, 2.24) is 10.7 Å². The van der Waals surface area contributed by atoms with Gasteiger partial charge < -0.3 is 14.8 Å². The Kier molecular flexibility index (Phi) is 10.2. The number of hydrazone groups is 1. The molecule has 1 unspecified atom stereocenters. The number of carbonyl (C=O) groups excluding carboxylic acids is 2. The van der Waals surface area contributed by atoms with Gasteiger partial charge >= 0.3 is 0 Å². The van der Waals surface area contributed by atoms with Gasteiger partial charge in [0.2, 0.25) is 0 Å². The van der Waals surface area contributed by atoms with Crippen LogP contribution in [0.5, 0.6) is 11.5 Å². The lowest BCUT2D eigenvalue weighted by Crippen LogP contribution is -2.48. The number of ether oxygens (including phenoxy) is 2. The summed E-state index contributed by atoms with van der Waals surface area (Å²) in [5.41, 5.74) is 3.99. The van der Waals surface area contributed by atoms with Crippen LogP contribution in [0.4, 0.5) is 4.39 Å². The van der Waals surface area contributed by atoms with E-state index in [2.05, 4.69) is 31.8 Å². The molecule has 0 heterocycles. The number of halogens is 2. The van der Waals surface area contributed by atoms with Crippen molar-refractivity contribution >= 4 is 34.0 Å². The van der Waals surface area contributed by atoms with Gasteiger partial charge in [-0.3, -0.25) is 9.59 Å². The molecule has 0 aliphatic carbocycles. The van der Waals surface area contributed by atoms with E-state index in [9.17, 15) is 14.0 Å². The van der Waals surface area contributed by atoms with Crippen molar-refractivity contribution in [1.29, 1.82) is 0 Å². The summed E-state index contributed by atoms with van der Waals surface area (Å²) in [5.74, 6) is -1.03. The van der Waals surface area contributed by atoms with Gasteiger partial charge in [-0.25, -0.2) is 9.82 Å².